The molecule has 4 rings (SSSR count). The Kier molecular flexibility index (Phi) is 4.86. The van der Waals surface area contributed by atoms with Gasteiger partial charge in [0.25, 0.3) is 0 Å². The molecule has 0 spiro atoms. The van der Waals surface area contributed by atoms with Gasteiger partial charge in [0.1, 0.15) is 6.04 Å². The molecule has 1 saturated heterocycles. The van der Waals surface area contributed by atoms with Crippen LogP contribution in [-0.4, -0.2) is 51.3 Å². The lowest BCUT2D eigenvalue weighted by atomic mass is 9.96. The second kappa shape index (κ2) is 7.31. The molecule has 0 saturated carbocycles. The van der Waals surface area contributed by atoms with Crippen molar-refractivity contribution in [2.45, 2.75) is 57.7 Å². The van der Waals surface area contributed by atoms with Gasteiger partial charge < -0.3 is 19.3 Å². The van der Waals surface area contributed by atoms with Gasteiger partial charge in [-0.2, -0.15) is 0 Å². The highest BCUT2D eigenvalue weighted by Crippen LogP contribution is 2.33. The Morgan fingerprint density at radius 3 is 2.93 bits per heavy atom. The van der Waals surface area contributed by atoms with Crippen LogP contribution in [0.5, 0.6) is 0 Å². The Hall–Kier alpha value is -2.41. The van der Waals surface area contributed by atoms with Crippen LogP contribution in [0.3, 0.4) is 0 Å². The maximum Gasteiger partial charge on any atom is 0.239 e. The molecule has 1 unspecified atom stereocenters. The van der Waals surface area contributed by atoms with Gasteiger partial charge in [-0.3, -0.25) is 4.79 Å². The summed E-state index contributed by atoms with van der Waals surface area (Å²) < 4.78 is 5.52. The van der Waals surface area contributed by atoms with Crippen molar-refractivity contribution in [1.82, 2.24) is 15.1 Å². The summed E-state index contributed by atoms with van der Waals surface area (Å²) >= 11 is 0. The van der Waals surface area contributed by atoms with E-state index in [-0.39, 0.29) is 11.9 Å². The zero-order chi connectivity index (χ0) is 19.0. The molecule has 27 heavy (non-hydrogen) atoms. The summed E-state index contributed by atoms with van der Waals surface area (Å²) in [5.74, 6) is 0.897. The van der Waals surface area contributed by atoms with Crippen LogP contribution in [0.1, 0.15) is 49.6 Å². The zero-order valence-corrected chi connectivity index (χ0v) is 15.8. The summed E-state index contributed by atoms with van der Waals surface area (Å²) in [6.07, 6.45) is 2.46. The third-order valence-electron chi connectivity index (χ3n) is 5.66. The molecule has 2 aliphatic rings. The van der Waals surface area contributed by atoms with E-state index >= 15 is 0 Å². The van der Waals surface area contributed by atoms with Crippen LogP contribution in [0.4, 0.5) is 5.69 Å². The predicted octanol–water partition coefficient (Wildman–Crippen LogP) is 2.24. The van der Waals surface area contributed by atoms with Crippen LogP contribution < -0.4 is 4.90 Å². The number of aliphatic hydroxyl groups is 1. The number of nitrogens with zero attached hydrogens (tertiary/aromatic N) is 4. The number of aliphatic hydroxyl groups excluding tert-OH is 1. The molecule has 2 aliphatic heterocycles. The van der Waals surface area contributed by atoms with Gasteiger partial charge in [-0.15, -0.1) is 10.2 Å². The Morgan fingerprint density at radius 1 is 1.33 bits per heavy atom. The van der Waals surface area contributed by atoms with Crippen molar-refractivity contribution in [3.05, 3.63) is 41.6 Å². The largest absolute Gasteiger partial charge is 0.423 e. The van der Waals surface area contributed by atoms with Crippen molar-refractivity contribution in [1.29, 1.82) is 0 Å². The van der Waals surface area contributed by atoms with Gasteiger partial charge in [-0.05, 0) is 31.4 Å². The topological polar surface area (TPSA) is 82.7 Å². The average Bonchev–Trinajstić information content (AvgIpc) is 3.26. The molecule has 7 heteroatoms. The Balaban J connectivity index is 1.46. The third kappa shape index (κ3) is 3.56. The minimum absolute atomic E-state index is 0.0163. The van der Waals surface area contributed by atoms with Crippen LogP contribution >= 0.6 is 0 Å². The van der Waals surface area contributed by atoms with E-state index in [1.807, 2.05) is 0 Å². The number of rotatable bonds is 4. The Labute approximate surface area is 159 Å². The number of hydrogen-bond acceptors (Lipinski definition) is 6. The van der Waals surface area contributed by atoms with Gasteiger partial charge >= 0.3 is 0 Å². The molecule has 3 atom stereocenters. The third-order valence-corrected chi connectivity index (χ3v) is 5.66. The zero-order valence-electron chi connectivity index (χ0n) is 15.8. The summed E-state index contributed by atoms with van der Waals surface area (Å²) in [4.78, 5) is 17.0. The molecule has 144 valence electrons. The van der Waals surface area contributed by atoms with Crippen molar-refractivity contribution in [2.75, 3.05) is 18.0 Å². The Bertz CT molecular complexity index is 821. The number of para-hydroxylation sites is 1. The molecule has 1 aromatic carbocycles. The maximum atomic E-state index is 12.9. The van der Waals surface area contributed by atoms with Gasteiger partial charge in [-0.25, -0.2) is 0 Å². The fourth-order valence-electron chi connectivity index (χ4n) is 4.23. The van der Waals surface area contributed by atoms with Crippen molar-refractivity contribution < 1.29 is 14.3 Å². The Morgan fingerprint density at radius 2 is 2.15 bits per heavy atom. The first-order chi connectivity index (χ1) is 13.0. The number of amides is 1. The van der Waals surface area contributed by atoms with E-state index in [9.17, 15) is 9.90 Å². The average molecular weight is 370 g/mol. The highest BCUT2D eigenvalue weighted by molar-refractivity contribution is 5.78. The predicted molar refractivity (Wildman–Crippen MR) is 100 cm³/mol. The molecule has 1 N–H and O–H groups in total. The van der Waals surface area contributed by atoms with E-state index in [2.05, 4.69) is 46.3 Å². The van der Waals surface area contributed by atoms with E-state index in [0.717, 1.165) is 12.8 Å². The summed E-state index contributed by atoms with van der Waals surface area (Å²) in [6.45, 7) is 4.92. The second-order valence-corrected chi connectivity index (χ2v) is 7.57. The number of carbonyl (C=O) groups excluding carboxylic acids is 1. The second-order valence-electron chi connectivity index (χ2n) is 7.57. The molecule has 1 fully saturated rings. The van der Waals surface area contributed by atoms with Gasteiger partial charge in [-0.1, -0.05) is 18.2 Å². The number of likely N-dealkylation sites (tertiary alicyclic amines) is 1. The quantitative estimate of drug-likeness (QED) is 0.889. The normalized spacial score (nSPS) is 24.9. The summed E-state index contributed by atoms with van der Waals surface area (Å²) in [7, 11) is 0. The molecule has 2 aromatic rings. The van der Waals surface area contributed by atoms with Gasteiger partial charge in [0.15, 0.2) is 0 Å². The van der Waals surface area contributed by atoms with E-state index in [4.69, 9.17) is 4.42 Å². The van der Waals surface area contributed by atoms with Crippen molar-refractivity contribution in [3.8, 4) is 0 Å². The molecule has 1 aromatic heterocycles. The van der Waals surface area contributed by atoms with Crippen molar-refractivity contribution in [2.24, 2.45) is 0 Å². The lowest BCUT2D eigenvalue weighted by molar-refractivity contribution is -0.132. The number of benzene rings is 1. The maximum absolute atomic E-state index is 12.9. The first-order valence-electron chi connectivity index (χ1n) is 9.65. The summed E-state index contributed by atoms with van der Waals surface area (Å²) in [5.41, 5.74) is 2.58. The van der Waals surface area contributed by atoms with Crippen molar-refractivity contribution >= 4 is 11.6 Å². The van der Waals surface area contributed by atoms with Crippen LogP contribution in [0.25, 0.3) is 0 Å². The first-order valence-corrected chi connectivity index (χ1v) is 9.65. The van der Waals surface area contributed by atoms with Gasteiger partial charge in [0.2, 0.25) is 17.7 Å². The number of fused-ring (bicyclic) bond motifs is 1. The minimum Gasteiger partial charge on any atom is -0.423 e. The number of hydrogen-bond donors (Lipinski definition) is 1. The SMILES string of the molecule is Cc1nnc([C@H]2C[C@@H](O)CN2C(=O)CCN2c3ccccc3CCC2C)o1. The highest BCUT2D eigenvalue weighted by atomic mass is 16.4. The summed E-state index contributed by atoms with van der Waals surface area (Å²) in [5, 5.41) is 18.0. The lowest BCUT2D eigenvalue weighted by Crippen LogP contribution is -2.41. The monoisotopic (exact) mass is 370 g/mol. The van der Waals surface area contributed by atoms with E-state index < -0.39 is 6.10 Å². The van der Waals surface area contributed by atoms with Crippen molar-refractivity contribution in [3.63, 3.8) is 0 Å². The van der Waals surface area contributed by atoms with E-state index in [1.165, 1.54) is 11.3 Å². The molecule has 3 heterocycles. The highest BCUT2D eigenvalue weighted by Gasteiger charge is 2.38. The fourth-order valence-corrected chi connectivity index (χ4v) is 4.23. The van der Waals surface area contributed by atoms with Gasteiger partial charge in [0, 0.05) is 44.6 Å². The number of aromatic nitrogens is 2. The molecular formula is C20H26N4O3. The molecule has 0 aliphatic carbocycles. The van der Waals surface area contributed by atoms with Crippen LogP contribution in [0, 0.1) is 6.92 Å². The fraction of sp³-hybridized carbons (Fsp3) is 0.550. The molecular weight excluding hydrogens is 344 g/mol. The number of carbonyl (C=O) groups is 1. The minimum atomic E-state index is -0.555. The van der Waals surface area contributed by atoms with E-state index in [0.29, 0.717) is 43.8 Å². The van der Waals surface area contributed by atoms with Crippen LogP contribution in [0.15, 0.2) is 28.7 Å². The van der Waals surface area contributed by atoms with Crippen LogP contribution in [0.2, 0.25) is 0 Å². The first kappa shape index (κ1) is 18.0. The standard InChI is InChI=1S/C20H26N4O3/c1-13-7-8-15-5-3-4-6-17(15)23(13)10-9-19(26)24-12-16(25)11-18(24)20-22-21-14(2)27-20/h3-6,13,16,18,25H,7-12H2,1-2H3/t13?,16-,18-/m1/s1. The van der Waals surface area contributed by atoms with Crippen LogP contribution in [-0.2, 0) is 11.2 Å². The molecule has 1 amide bonds. The van der Waals surface area contributed by atoms with E-state index in [1.54, 1.807) is 11.8 Å². The molecule has 0 bridgehead atoms. The number of aryl methyl sites for hydroxylation is 2. The summed E-state index contributed by atoms with van der Waals surface area (Å²) in [6, 6.07) is 8.50. The smallest absolute Gasteiger partial charge is 0.239 e. The molecule has 7 nitrogen and oxygen atoms in total. The number of anilines is 1. The van der Waals surface area contributed by atoms with Gasteiger partial charge in [0.05, 0.1) is 6.10 Å². The number of β-amino-alcohol motifs (C(OH)–C–C–N with tert-alkyl or cyclic N) is 1. The lowest BCUT2D eigenvalue weighted by Gasteiger charge is -2.37. The molecule has 0 radical (unpaired) electrons.